The number of likely N-dealkylation sites (tertiary alicyclic amines) is 1. The maximum absolute atomic E-state index is 11.9. The molecule has 1 aliphatic heterocycles. The van der Waals surface area contributed by atoms with Gasteiger partial charge in [-0.1, -0.05) is 25.7 Å². The number of hydrogen-bond acceptors (Lipinski definition) is 3. The van der Waals surface area contributed by atoms with Crippen LogP contribution in [0.5, 0.6) is 0 Å². The molecule has 2 fully saturated rings. The molecule has 2 atom stereocenters. The number of carbonyl (C=O) groups is 1. The molecule has 2 unspecified atom stereocenters. The summed E-state index contributed by atoms with van der Waals surface area (Å²) in [5, 5.41) is 15.4. The Bertz CT molecular complexity index is 332. The largest absolute Gasteiger partial charge is 0.396 e. The summed E-state index contributed by atoms with van der Waals surface area (Å²) < 4.78 is 0. The lowest BCUT2D eigenvalue weighted by molar-refractivity contribution is 0.153. The van der Waals surface area contributed by atoms with Crippen LogP contribution in [0.1, 0.15) is 64.2 Å². The van der Waals surface area contributed by atoms with Crippen molar-refractivity contribution in [2.45, 2.75) is 70.3 Å². The molecule has 1 saturated heterocycles. The van der Waals surface area contributed by atoms with Crippen molar-refractivity contribution in [2.24, 2.45) is 5.92 Å². The van der Waals surface area contributed by atoms with E-state index in [4.69, 9.17) is 0 Å². The van der Waals surface area contributed by atoms with Crippen molar-refractivity contribution in [2.75, 3.05) is 32.8 Å². The van der Waals surface area contributed by atoms with Crippen molar-refractivity contribution in [3.05, 3.63) is 0 Å². The first-order chi connectivity index (χ1) is 11.3. The van der Waals surface area contributed by atoms with Crippen LogP contribution in [-0.2, 0) is 0 Å². The molecule has 1 heterocycles. The van der Waals surface area contributed by atoms with Crippen LogP contribution < -0.4 is 10.6 Å². The Balaban J connectivity index is 1.47. The first-order valence-electron chi connectivity index (χ1n) is 9.67. The summed E-state index contributed by atoms with van der Waals surface area (Å²) in [4.78, 5) is 14.5. The zero-order valence-electron chi connectivity index (χ0n) is 14.6. The molecule has 134 valence electrons. The molecular formula is C18H35N3O2. The molecule has 0 bridgehead atoms. The smallest absolute Gasteiger partial charge is 0.315 e. The minimum atomic E-state index is -0.0635. The second-order valence-electron chi connectivity index (χ2n) is 7.20. The van der Waals surface area contributed by atoms with Crippen LogP contribution in [0.2, 0.25) is 0 Å². The van der Waals surface area contributed by atoms with Crippen molar-refractivity contribution in [1.82, 2.24) is 15.5 Å². The van der Waals surface area contributed by atoms with E-state index in [1.807, 2.05) is 0 Å². The Hall–Kier alpha value is -0.810. The normalized spacial score (nSPS) is 26.0. The van der Waals surface area contributed by atoms with Gasteiger partial charge in [-0.25, -0.2) is 4.79 Å². The molecule has 2 aliphatic rings. The molecule has 5 heteroatoms. The highest BCUT2D eigenvalue weighted by Gasteiger charge is 2.25. The van der Waals surface area contributed by atoms with E-state index in [9.17, 15) is 9.90 Å². The molecule has 1 saturated carbocycles. The molecular weight excluding hydrogens is 290 g/mol. The minimum absolute atomic E-state index is 0.0635. The van der Waals surface area contributed by atoms with Gasteiger partial charge in [-0.15, -0.1) is 0 Å². The van der Waals surface area contributed by atoms with Crippen LogP contribution >= 0.6 is 0 Å². The Morgan fingerprint density at radius 3 is 2.57 bits per heavy atom. The van der Waals surface area contributed by atoms with Crippen molar-refractivity contribution in [1.29, 1.82) is 0 Å². The van der Waals surface area contributed by atoms with E-state index in [1.165, 1.54) is 58.2 Å². The highest BCUT2D eigenvalue weighted by molar-refractivity contribution is 5.74. The maximum atomic E-state index is 11.9. The number of nitrogens with one attached hydrogen (secondary N) is 2. The van der Waals surface area contributed by atoms with Crippen molar-refractivity contribution in [3.63, 3.8) is 0 Å². The fraction of sp³-hybridized carbons (Fsp3) is 0.944. The van der Waals surface area contributed by atoms with Gasteiger partial charge in [0.25, 0.3) is 0 Å². The zero-order valence-corrected chi connectivity index (χ0v) is 14.6. The topological polar surface area (TPSA) is 64.6 Å². The van der Waals surface area contributed by atoms with Gasteiger partial charge in [-0.3, -0.25) is 0 Å². The Labute approximate surface area is 141 Å². The van der Waals surface area contributed by atoms with Gasteiger partial charge >= 0.3 is 6.03 Å². The van der Waals surface area contributed by atoms with E-state index in [2.05, 4.69) is 15.5 Å². The SMILES string of the molecule is O=C(NCCCCCN1CCCCC1)NC1CCCCC1CO. The molecule has 0 aromatic carbocycles. The van der Waals surface area contributed by atoms with Crippen molar-refractivity contribution >= 4 is 6.03 Å². The van der Waals surface area contributed by atoms with Crippen LogP contribution in [-0.4, -0.2) is 54.9 Å². The number of aliphatic hydroxyl groups is 1. The van der Waals surface area contributed by atoms with Gasteiger partial charge in [0, 0.05) is 25.1 Å². The number of amides is 2. The van der Waals surface area contributed by atoms with Gasteiger partial charge in [0.2, 0.25) is 0 Å². The predicted molar refractivity (Wildman–Crippen MR) is 93.5 cm³/mol. The summed E-state index contributed by atoms with van der Waals surface area (Å²) in [7, 11) is 0. The lowest BCUT2D eigenvalue weighted by Gasteiger charge is -2.30. The standard InChI is InChI=1S/C18H35N3O2/c22-15-16-9-3-4-10-17(16)20-18(23)19-11-5-1-6-12-21-13-7-2-8-14-21/h16-17,22H,1-15H2,(H2,19,20,23). The van der Waals surface area contributed by atoms with Crippen LogP contribution in [0.25, 0.3) is 0 Å². The van der Waals surface area contributed by atoms with Crippen LogP contribution in [0.4, 0.5) is 4.79 Å². The lowest BCUT2D eigenvalue weighted by atomic mass is 9.85. The van der Waals surface area contributed by atoms with Gasteiger partial charge in [-0.2, -0.15) is 0 Å². The van der Waals surface area contributed by atoms with E-state index in [0.717, 1.165) is 32.2 Å². The second-order valence-corrected chi connectivity index (χ2v) is 7.20. The number of unbranched alkanes of at least 4 members (excludes halogenated alkanes) is 2. The summed E-state index contributed by atoms with van der Waals surface area (Å²) >= 11 is 0. The molecule has 2 amide bonds. The Morgan fingerprint density at radius 1 is 1.00 bits per heavy atom. The molecule has 2 rings (SSSR count). The number of aliphatic hydroxyl groups excluding tert-OH is 1. The third-order valence-electron chi connectivity index (χ3n) is 5.35. The Kier molecular flexibility index (Phi) is 8.76. The van der Waals surface area contributed by atoms with Crippen LogP contribution in [0.3, 0.4) is 0 Å². The molecule has 3 N–H and O–H groups in total. The number of urea groups is 1. The van der Waals surface area contributed by atoms with E-state index < -0.39 is 0 Å². The van der Waals surface area contributed by atoms with E-state index in [1.54, 1.807) is 0 Å². The number of hydrogen-bond donors (Lipinski definition) is 3. The average molecular weight is 325 g/mol. The summed E-state index contributed by atoms with van der Waals surface area (Å²) in [5.41, 5.74) is 0. The zero-order chi connectivity index (χ0) is 16.3. The summed E-state index contributed by atoms with van der Waals surface area (Å²) in [5.74, 6) is 0.235. The molecule has 1 aliphatic carbocycles. The number of nitrogens with zero attached hydrogens (tertiary/aromatic N) is 1. The molecule has 0 radical (unpaired) electrons. The van der Waals surface area contributed by atoms with Gasteiger partial charge in [-0.05, 0) is 58.2 Å². The lowest BCUT2D eigenvalue weighted by Crippen LogP contribution is -2.47. The monoisotopic (exact) mass is 325 g/mol. The van der Waals surface area contributed by atoms with Crippen molar-refractivity contribution < 1.29 is 9.90 Å². The van der Waals surface area contributed by atoms with Gasteiger partial charge in [0.15, 0.2) is 0 Å². The number of piperidine rings is 1. The highest BCUT2D eigenvalue weighted by Crippen LogP contribution is 2.23. The average Bonchev–Trinajstić information content (AvgIpc) is 2.59. The van der Waals surface area contributed by atoms with Gasteiger partial charge in [0.05, 0.1) is 0 Å². The minimum Gasteiger partial charge on any atom is -0.396 e. The van der Waals surface area contributed by atoms with E-state index in [-0.39, 0.29) is 24.6 Å². The first-order valence-corrected chi connectivity index (χ1v) is 9.67. The van der Waals surface area contributed by atoms with E-state index in [0.29, 0.717) is 0 Å². The third-order valence-corrected chi connectivity index (χ3v) is 5.35. The fourth-order valence-corrected chi connectivity index (χ4v) is 3.86. The maximum Gasteiger partial charge on any atom is 0.315 e. The van der Waals surface area contributed by atoms with Gasteiger partial charge < -0.3 is 20.6 Å². The predicted octanol–water partition coefficient (Wildman–Crippen LogP) is 2.49. The fourth-order valence-electron chi connectivity index (χ4n) is 3.86. The number of rotatable bonds is 8. The van der Waals surface area contributed by atoms with Crippen molar-refractivity contribution in [3.8, 4) is 0 Å². The third kappa shape index (κ3) is 7.08. The summed E-state index contributed by atoms with van der Waals surface area (Å²) in [6.07, 6.45) is 11.9. The molecule has 0 aromatic rings. The first kappa shape index (κ1) is 18.5. The van der Waals surface area contributed by atoms with Crippen LogP contribution in [0.15, 0.2) is 0 Å². The Morgan fingerprint density at radius 2 is 1.78 bits per heavy atom. The quantitative estimate of drug-likeness (QED) is 0.601. The molecule has 5 nitrogen and oxygen atoms in total. The van der Waals surface area contributed by atoms with Gasteiger partial charge in [0.1, 0.15) is 0 Å². The molecule has 23 heavy (non-hydrogen) atoms. The highest BCUT2D eigenvalue weighted by atomic mass is 16.3. The molecule has 0 spiro atoms. The summed E-state index contributed by atoms with van der Waals surface area (Å²) in [6.45, 7) is 4.69. The van der Waals surface area contributed by atoms with Crippen LogP contribution in [0, 0.1) is 5.92 Å². The molecule has 0 aromatic heterocycles. The second kappa shape index (κ2) is 10.9. The summed E-state index contributed by atoms with van der Waals surface area (Å²) in [6, 6.07) is 0.0826. The number of carbonyl (C=O) groups excluding carboxylic acids is 1. The van der Waals surface area contributed by atoms with E-state index >= 15 is 0 Å².